The molecule has 104 valence electrons. The smallest absolute Gasteiger partial charge is 0.356 e. The molecular weight excluding hydrogens is 278 g/mol. The van der Waals surface area contributed by atoms with E-state index < -0.39 is 5.97 Å². The second-order valence-corrected chi connectivity index (χ2v) is 4.73. The van der Waals surface area contributed by atoms with Crippen LogP contribution in [0.15, 0.2) is 24.3 Å². The second-order valence-electron chi connectivity index (χ2n) is 4.29. The molecule has 2 aromatic rings. The van der Waals surface area contributed by atoms with Crippen molar-refractivity contribution in [2.75, 3.05) is 12.4 Å². The normalized spacial score (nSPS) is 10.2. The van der Waals surface area contributed by atoms with Gasteiger partial charge in [0, 0.05) is 16.4 Å². The zero-order chi connectivity index (χ0) is 14.7. The molecule has 0 spiro atoms. The van der Waals surface area contributed by atoms with Crippen LogP contribution in [0.1, 0.15) is 21.7 Å². The number of ether oxygens (including phenoxy) is 1. The first-order valence-corrected chi connectivity index (χ1v) is 6.34. The summed E-state index contributed by atoms with van der Waals surface area (Å²) in [5.41, 5.74) is 2.68. The van der Waals surface area contributed by atoms with Gasteiger partial charge >= 0.3 is 5.97 Å². The quantitative estimate of drug-likeness (QED) is 0.879. The molecule has 0 aliphatic heterocycles. The van der Waals surface area contributed by atoms with Crippen LogP contribution in [0, 0.1) is 13.8 Å². The number of carbonyl (C=O) groups is 1. The fourth-order valence-corrected chi connectivity index (χ4v) is 1.95. The molecule has 5 nitrogen and oxygen atoms in total. The van der Waals surface area contributed by atoms with E-state index in [0.717, 1.165) is 11.3 Å². The van der Waals surface area contributed by atoms with Crippen LogP contribution in [-0.4, -0.2) is 23.0 Å². The number of benzene rings is 1. The second kappa shape index (κ2) is 5.88. The molecule has 0 unspecified atom stereocenters. The summed E-state index contributed by atoms with van der Waals surface area (Å²) in [6, 6.07) is 7.02. The maximum Gasteiger partial charge on any atom is 0.356 e. The van der Waals surface area contributed by atoms with Crippen molar-refractivity contribution in [2.24, 2.45) is 0 Å². The molecule has 0 saturated carbocycles. The fraction of sp³-hybridized carbons (Fsp3) is 0.214. The predicted octanol–water partition coefficient (Wildman–Crippen LogP) is 3.28. The Bertz CT molecular complexity index is 659. The van der Waals surface area contributed by atoms with Crippen molar-refractivity contribution in [3.8, 4) is 0 Å². The lowest BCUT2D eigenvalue weighted by Crippen LogP contribution is -2.09. The highest BCUT2D eigenvalue weighted by molar-refractivity contribution is 6.30. The van der Waals surface area contributed by atoms with Crippen molar-refractivity contribution in [1.29, 1.82) is 0 Å². The van der Waals surface area contributed by atoms with Gasteiger partial charge in [-0.15, -0.1) is 0 Å². The number of nitrogens with zero attached hydrogens (tertiary/aromatic N) is 2. The monoisotopic (exact) mass is 291 g/mol. The minimum atomic E-state index is -0.494. The predicted molar refractivity (Wildman–Crippen MR) is 77.6 cm³/mol. The van der Waals surface area contributed by atoms with E-state index in [0.29, 0.717) is 16.7 Å². The summed E-state index contributed by atoms with van der Waals surface area (Å²) in [4.78, 5) is 19.9. The minimum absolute atomic E-state index is 0.217. The van der Waals surface area contributed by atoms with Gasteiger partial charge < -0.3 is 10.1 Å². The fourth-order valence-electron chi connectivity index (χ4n) is 1.72. The molecule has 20 heavy (non-hydrogen) atoms. The van der Waals surface area contributed by atoms with Gasteiger partial charge in [0.2, 0.25) is 5.95 Å². The van der Waals surface area contributed by atoms with E-state index >= 15 is 0 Å². The number of hydrogen-bond donors (Lipinski definition) is 1. The molecule has 1 heterocycles. The summed E-state index contributed by atoms with van der Waals surface area (Å²) in [7, 11) is 1.32. The van der Waals surface area contributed by atoms with Gasteiger partial charge in [0.25, 0.3) is 0 Å². The number of carbonyl (C=O) groups excluding carboxylic acids is 1. The lowest BCUT2D eigenvalue weighted by Gasteiger charge is -2.10. The third-order valence-corrected chi connectivity index (χ3v) is 2.92. The van der Waals surface area contributed by atoms with Crippen LogP contribution >= 0.6 is 11.6 Å². The molecule has 0 fully saturated rings. The van der Waals surface area contributed by atoms with Gasteiger partial charge in [-0.25, -0.2) is 14.8 Å². The molecule has 0 radical (unpaired) electrons. The first kappa shape index (κ1) is 14.3. The summed E-state index contributed by atoms with van der Waals surface area (Å²) in [5.74, 6) is -0.151. The zero-order valence-electron chi connectivity index (χ0n) is 11.4. The Morgan fingerprint density at radius 1 is 1.25 bits per heavy atom. The number of esters is 1. The summed E-state index contributed by atoms with van der Waals surface area (Å²) < 4.78 is 4.66. The van der Waals surface area contributed by atoms with Gasteiger partial charge in [-0.05, 0) is 43.7 Å². The number of nitrogens with one attached hydrogen (secondary N) is 1. The standard InChI is InChI=1S/C14H14ClN3O2/c1-8-6-10(15)4-5-11(8)17-14-16-9(2)7-12(18-14)13(19)20-3/h4-7H,1-3H3,(H,16,17,18). The van der Waals surface area contributed by atoms with E-state index in [1.54, 1.807) is 19.1 Å². The third kappa shape index (κ3) is 3.24. The van der Waals surface area contributed by atoms with Gasteiger partial charge in [-0.1, -0.05) is 11.6 Å². The van der Waals surface area contributed by atoms with Crippen LogP contribution in [0.4, 0.5) is 11.6 Å². The summed E-state index contributed by atoms with van der Waals surface area (Å²) >= 11 is 5.91. The SMILES string of the molecule is COC(=O)c1cc(C)nc(Nc2ccc(Cl)cc2C)n1. The summed E-state index contributed by atoms with van der Waals surface area (Å²) in [6.45, 7) is 3.71. The first-order valence-electron chi connectivity index (χ1n) is 5.97. The van der Waals surface area contributed by atoms with E-state index in [2.05, 4.69) is 20.0 Å². The Morgan fingerprint density at radius 2 is 2.00 bits per heavy atom. The maximum atomic E-state index is 11.5. The van der Waals surface area contributed by atoms with Gasteiger partial charge in [-0.3, -0.25) is 0 Å². The third-order valence-electron chi connectivity index (χ3n) is 2.68. The number of hydrogen-bond acceptors (Lipinski definition) is 5. The number of rotatable bonds is 3. The molecule has 1 aromatic heterocycles. The molecule has 1 aromatic carbocycles. The molecule has 0 amide bonds. The molecule has 0 aliphatic carbocycles. The first-order chi connectivity index (χ1) is 9.49. The molecule has 0 bridgehead atoms. The van der Waals surface area contributed by atoms with Crippen LogP contribution in [0.2, 0.25) is 5.02 Å². The van der Waals surface area contributed by atoms with Crippen molar-refractivity contribution in [3.63, 3.8) is 0 Å². The maximum absolute atomic E-state index is 11.5. The van der Waals surface area contributed by atoms with Crippen molar-refractivity contribution in [1.82, 2.24) is 9.97 Å². The lowest BCUT2D eigenvalue weighted by atomic mass is 10.2. The Morgan fingerprint density at radius 3 is 2.65 bits per heavy atom. The van der Waals surface area contributed by atoms with E-state index in [9.17, 15) is 4.79 Å². The molecular formula is C14H14ClN3O2. The zero-order valence-corrected chi connectivity index (χ0v) is 12.2. The Kier molecular flexibility index (Phi) is 4.20. The average molecular weight is 292 g/mol. The van der Waals surface area contributed by atoms with Crippen LogP contribution < -0.4 is 5.32 Å². The highest BCUT2D eigenvalue weighted by atomic mass is 35.5. The number of methoxy groups -OCH3 is 1. The van der Waals surface area contributed by atoms with Crippen LogP contribution in [0.25, 0.3) is 0 Å². The molecule has 2 rings (SSSR count). The lowest BCUT2D eigenvalue weighted by molar-refractivity contribution is 0.0594. The van der Waals surface area contributed by atoms with E-state index in [-0.39, 0.29) is 5.69 Å². The molecule has 0 saturated heterocycles. The Hall–Kier alpha value is -2.14. The van der Waals surface area contributed by atoms with Crippen LogP contribution in [0.5, 0.6) is 0 Å². The van der Waals surface area contributed by atoms with Crippen molar-refractivity contribution in [3.05, 3.63) is 46.2 Å². The molecule has 6 heteroatoms. The Balaban J connectivity index is 2.33. The van der Waals surface area contributed by atoms with E-state index in [4.69, 9.17) is 11.6 Å². The van der Waals surface area contributed by atoms with Gasteiger partial charge in [0.1, 0.15) is 0 Å². The van der Waals surface area contributed by atoms with E-state index in [1.165, 1.54) is 7.11 Å². The summed E-state index contributed by atoms with van der Waals surface area (Å²) in [5, 5.41) is 3.73. The number of aromatic nitrogens is 2. The van der Waals surface area contributed by atoms with Crippen molar-refractivity contribution < 1.29 is 9.53 Å². The Labute approximate surface area is 122 Å². The topological polar surface area (TPSA) is 64.1 Å². The summed E-state index contributed by atoms with van der Waals surface area (Å²) in [6.07, 6.45) is 0. The number of anilines is 2. The van der Waals surface area contributed by atoms with Crippen LogP contribution in [-0.2, 0) is 4.74 Å². The largest absolute Gasteiger partial charge is 0.464 e. The van der Waals surface area contributed by atoms with Gasteiger partial charge in [0.15, 0.2) is 5.69 Å². The molecule has 0 aliphatic rings. The molecule has 1 N–H and O–H groups in total. The average Bonchev–Trinajstić information content (AvgIpc) is 2.40. The number of aryl methyl sites for hydroxylation is 2. The van der Waals surface area contributed by atoms with Gasteiger partial charge in [-0.2, -0.15) is 0 Å². The van der Waals surface area contributed by atoms with Crippen molar-refractivity contribution in [2.45, 2.75) is 13.8 Å². The number of halogens is 1. The van der Waals surface area contributed by atoms with Crippen molar-refractivity contribution >= 4 is 29.2 Å². The van der Waals surface area contributed by atoms with Gasteiger partial charge in [0.05, 0.1) is 7.11 Å². The van der Waals surface area contributed by atoms with E-state index in [1.807, 2.05) is 19.1 Å². The van der Waals surface area contributed by atoms with Crippen LogP contribution in [0.3, 0.4) is 0 Å². The molecule has 0 atom stereocenters. The minimum Gasteiger partial charge on any atom is -0.464 e. The highest BCUT2D eigenvalue weighted by Gasteiger charge is 2.11. The highest BCUT2D eigenvalue weighted by Crippen LogP contribution is 2.22.